The van der Waals surface area contributed by atoms with E-state index < -0.39 is 11.5 Å². The molecule has 1 aromatic rings. The minimum atomic E-state index is -0.702. The summed E-state index contributed by atoms with van der Waals surface area (Å²) in [6.45, 7) is 3.59. The molecular formula is C17H28N4O3. The molecule has 0 bridgehead atoms. The monoisotopic (exact) mass is 336 g/mol. The maximum absolute atomic E-state index is 12.9. The van der Waals surface area contributed by atoms with Gasteiger partial charge in [0.15, 0.2) is 0 Å². The molecule has 3 rings (SSSR count). The maximum atomic E-state index is 12.9. The predicted molar refractivity (Wildman–Crippen MR) is 88.5 cm³/mol. The summed E-state index contributed by atoms with van der Waals surface area (Å²) in [5, 5.41) is 28.6. The number of fused-ring (bicyclic) bond motifs is 1. The van der Waals surface area contributed by atoms with Crippen LogP contribution in [-0.2, 0) is 13.0 Å². The normalized spacial score (nSPS) is 27.6. The van der Waals surface area contributed by atoms with Crippen LogP contribution in [-0.4, -0.2) is 61.6 Å². The summed E-state index contributed by atoms with van der Waals surface area (Å²) in [4.78, 5) is 14.5. The summed E-state index contributed by atoms with van der Waals surface area (Å²) in [5.74, 6) is 1.13. The van der Waals surface area contributed by atoms with Crippen LogP contribution in [0.1, 0.15) is 61.9 Å². The van der Waals surface area contributed by atoms with E-state index >= 15 is 0 Å². The van der Waals surface area contributed by atoms with Crippen molar-refractivity contribution in [1.82, 2.24) is 19.7 Å². The minimum Gasteiger partial charge on any atom is -0.396 e. The molecule has 7 nitrogen and oxygen atoms in total. The second-order valence-corrected chi connectivity index (χ2v) is 7.19. The summed E-state index contributed by atoms with van der Waals surface area (Å²) >= 11 is 0. The van der Waals surface area contributed by atoms with Crippen LogP contribution >= 0.6 is 0 Å². The third-order valence-electron chi connectivity index (χ3n) is 5.63. The van der Waals surface area contributed by atoms with Crippen LogP contribution in [0.3, 0.4) is 0 Å². The molecule has 2 aliphatic heterocycles. The third-order valence-corrected chi connectivity index (χ3v) is 5.63. The van der Waals surface area contributed by atoms with Crippen LogP contribution in [0, 0.1) is 5.41 Å². The lowest BCUT2D eigenvalue weighted by Gasteiger charge is -2.44. The third kappa shape index (κ3) is 3.07. The van der Waals surface area contributed by atoms with Gasteiger partial charge in [0.25, 0.3) is 5.91 Å². The number of likely N-dealkylation sites (tertiary alicyclic amines) is 1. The van der Waals surface area contributed by atoms with Crippen LogP contribution in [0.15, 0.2) is 0 Å². The number of aliphatic hydroxyl groups excluding tert-OH is 2. The molecule has 1 aromatic heterocycles. The van der Waals surface area contributed by atoms with Crippen molar-refractivity contribution in [3.8, 4) is 0 Å². The standard InChI is InChI=1S/C17H28N4O3/c1-2-7-17(12-22)8-10-20(11-13(17)23)16(24)15-19-18-14-6-4-3-5-9-21(14)15/h13,22-23H,2-12H2,1H3/t13-,17-/m1/s1. The van der Waals surface area contributed by atoms with Crippen LogP contribution < -0.4 is 0 Å². The Morgan fingerprint density at radius 2 is 2.12 bits per heavy atom. The molecule has 7 heteroatoms. The van der Waals surface area contributed by atoms with E-state index in [-0.39, 0.29) is 19.1 Å². The Kier molecular flexibility index (Phi) is 5.20. The van der Waals surface area contributed by atoms with Crippen molar-refractivity contribution in [2.45, 2.75) is 64.5 Å². The van der Waals surface area contributed by atoms with E-state index in [1.807, 2.05) is 11.5 Å². The van der Waals surface area contributed by atoms with Crippen molar-refractivity contribution in [1.29, 1.82) is 0 Å². The van der Waals surface area contributed by atoms with Crippen LogP contribution in [0.25, 0.3) is 0 Å². The number of rotatable bonds is 4. The Labute approximate surface area is 142 Å². The molecule has 1 fully saturated rings. The van der Waals surface area contributed by atoms with E-state index in [0.717, 1.165) is 50.9 Å². The lowest BCUT2D eigenvalue weighted by molar-refractivity contribution is -0.0715. The summed E-state index contributed by atoms with van der Waals surface area (Å²) < 4.78 is 1.95. The number of β-amino-alcohol motifs (C(OH)–C–C–N with tert-alkyl or cyclic N) is 1. The van der Waals surface area contributed by atoms with Gasteiger partial charge in [-0.15, -0.1) is 10.2 Å². The second kappa shape index (κ2) is 7.19. The van der Waals surface area contributed by atoms with Crippen LogP contribution in [0.5, 0.6) is 0 Å². The average molecular weight is 336 g/mol. The quantitative estimate of drug-likeness (QED) is 0.855. The smallest absolute Gasteiger partial charge is 0.291 e. The Morgan fingerprint density at radius 1 is 1.29 bits per heavy atom. The van der Waals surface area contributed by atoms with E-state index in [9.17, 15) is 15.0 Å². The number of aryl methyl sites for hydroxylation is 1. The molecule has 0 unspecified atom stereocenters. The number of piperidine rings is 1. The second-order valence-electron chi connectivity index (χ2n) is 7.19. The lowest BCUT2D eigenvalue weighted by Crippen LogP contribution is -2.54. The fourth-order valence-electron chi connectivity index (χ4n) is 4.04. The van der Waals surface area contributed by atoms with Gasteiger partial charge in [0, 0.05) is 31.5 Å². The molecule has 0 radical (unpaired) electrons. The zero-order chi connectivity index (χ0) is 17.2. The number of carbonyl (C=O) groups excluding carboxylic acids is 1. The number of amides is 1. The molecule has 2 N–H and O–H groups in total. The number of aliphatic hydroxyl groups is 2. The molecule has 0 saturated carbocycles. The molecule has 24 heavy (non-hydrogen) atoms. The Morgan fingerprint density at radius 3 is 2.83 bits per heavy atom. The summed E-state index contributed by atoms with van der Waals surface area (Å²) in [6.07, 6.45) is 5.74. The van der Waals surface area contributed by atoms with Gasteiger partial charge in [-0.3, -0.25) is 4.79 Å². The van der Waals surface area contributed by atoms with Crippen molar-refractivity contribution < 1.29 is 15.0 Å². The van der Waals surface area contributed by atoms with E-state index in [1.165, 1.54) is 0 Å². The Hall–Kier alpha value is -1.47. The first-order valence-corrected chi connectivity index (χ1v) is 9.11. The first-order chi connectivity index (χ1) is 11.6. The van der Waals surface area contributed by atoms with Gasteiger partial charge in [0.1, 0.15) is 5.82 Å². The lowest BCUT2D eigenvalue weighted by atomic mass is 9.73. The first kappa shape index (κ1) is 17.4. The minimum absolute atomic E-state index is 0.0373. The van der Waals surface area contributed by atoms with Gasteiger partial charge in [-0.05, 0) is 25.7 Å². The van der Waals surface area contributed by atoms with E-state index in [2.05, 4.69) is 10.2 Å². The molecule has 0 spiro atoms. The van der Waals surface area contributed by atoms with Crippen molar-refractivity contribution in [2.75, 3.05) is 19.7 Å². The first-order valence-electron chi connectivity index (χ1n) is 9.11. The zero-order valence-corrected chi connectivity index (χ0v) is 14.4. The SMILES string of the molecule is CCC[C@]1(CO)CCN(C(=O)c2nnc3n2CCCCC3)C[C@H]1O. The number of nitrogens with zero attached hydrogens (tertiary/aromatic N) is 4. The highest BCUT2D eigenvalue weighted by Crippen LogP contribution is 2.36. The average Bonchev–Trinajstić information content (AvgIpc) is 2.84. The highest BCUT2D eigenvalue weighted by molar-refractivity contribution is 5.90. The molecule has 0 aromatic carbocycles. The van der Waals surface area contributed by atoms with Gasteiger partial charge >= 0.3 is 0 Å². The number of hydrogen-bond acceptors (Lipinski definition) is 5. The van der Waals surface area contributed by atoms with Crippen molar-refractivity contribution in [3.05, 3.63) is 11.6 Å². The summed E-state index contributed by atoms with van der Waals surface area (Å²) in [5.41, 5.74) is -0.479. The summed E-state index contributed by atoms with van der Waals surface area (Å²) in [7, 11) is 0. The van der Waals surface area contributed by atoms with E-state index in [1.54, 1.807) is 4.90 Å². The fraction of sp³-hybridized carbons (Fsp3) is 0.824. The molecule has 0 aliphatic carbocycles. The molecule has 2 aliphatic rings. The number of carbonyl (C=O) groups is 1. The van der Waals surface area contributed by atoms with Gasteiger partial charge in [-0.25, -0.2) is 0 Å². The Balaban J connectivity index is 1.74. The maximum Gasteiger partial charge on any atom is 0.291 e. The molecule has 3 heterocycles. The van der Waals surface area contributed by atoms with E-state index in [4.69, 9.17) is 0 Å². The van der Waals surface area contributed by atoms with Crippen molar-refractivity contribution in [3.63, 3.8) is 0 Å². The number of hydrogen-bond donors (Lipinski definition) is 2. The van der Waals surface area contributed by atoms with Gasteiger partial charge in [0.2, 0.25) is 5.82 Å². The fourth-order valence-corrected chi connectivity index (χ4v) is 4.04. The van der Waals surface area contributed by atoms with Crippen molar-refractivity contribution >= 4 is 5.91 Å². The zero-order valence-electron chi connectivity index (χ0n) is 14.4. The summed E-state index contributed by atoms with van der Waals surface area (Å²) in [6, 6.07) is 0. The molecular weight excluding hydrogens is 308 g/mol. The highest BCUT2D eigenvalue weighted by atomic mass is 16.3. The van der Waals surface area contributed by atoms with E-state index in [0.29, 0.717) is 18.8 Å². The van der Waals surface area contributed by atoms with Gasteiger partial charge in [-0.1, -0.05) is 19.8 Å². The molecule has 1 amide bonds. The topological polar surface area (TPSA) is 91.5 Å². The van der Waals surface area contributed by atoms with Crippen LogP contribution in [0.4, 0.5) is 0 Å². The molecule has 1 saturated heterocycles. The predicted octanol–water partition coefficient (Wildman–Crippen LogP) is 0.990. The van der Waals surface area contributed by atoms with Gasteiger partial charge in [0.05, 0.1) is 12.7 Å². The van der Waals surface area contributed by atoms with Gasteiger partial charge < -0.3 is 19.7 Å². The van der Waals surface area contributed by atoms with Gasteiger partial charge in [-0.2, -0.15) is 0 Å². The number of aromatic nitrogens is 3. The highest BCUT2D eigenvalue weighted by Gasteiger charge is 2.43. The van der Waals surface area contributed by atoms with Crippen molar-refractivity contribution in [2.24, 2.45) is 5.41 Å². The Bertz CT molecular complexity index is 588. The van der Waals surface area contributed by atoms with Crippen LogP contribution in [0.2, 0.25) is 0 Å². The largest absolute Gasteiger partial charge is 0.396 e. The molecule has 2 atom stereocenters. The molecule has 134 valence electrons.